The highest BCUT2D eigenvalue weighted by Crippen LogP contribution is 2.35. The van der Waals surface area contributed by atoms with Gasteiger partial charge in [-0.25, -0.2) is 4.39 Å². The summed E-state index contributed by atoms with van der Waals surface area (Å²) in [6.07, 6.45) is 5.97. The Bertz CT molecular complexity index is 809. The average Bonchev–Trinajstić information content (AvgIpc) is 2.64. The van der Waals surface area contributed by atoms with Crippen molar-refractivity contribution in [3.8, 4) is 0 Å². The van der Waals surface area contributed by atoms with Crippen molar-refractivity contribution < 1.29 is 4.39 Å². The third-order valence-electron chi connectivity index (χ3n) is 6.02. The Morgan fingerprint density at radius 1 is 1.11 bits per heavy atom. The largest absolute Gasteiger partial charge is 0.360 e. The lowest BCUT2D eigenvalue weighted by atomic mass is 9.81. The lowest BCUT2D eigenvalue weighted by Gasteiger charge is -2.49. The molecule has 2 saturated heterocycles. The zero-order chi connectivity index (χ0) is 19.5. The van der Waals surface area contributed by atoms with E-state index in [0.717, 1.165) is 25.1 Å². The summed E-state index contributed by atoms with van der Waals surface area (Å²) in [5.41, 5.74) is 3.45. The summed E-state index contributed by atoms with van der Waals surface area (Å²) in [7, 11) is 0. The zero-order valence-electron chi connectivity index (χ0n) is 16.3. The van der Waals surface area contributed by atoms with Gasteiger partial charge < -0.3 is 10.6 Å². The number of fused-ring (bicyclic) bond motifs is 2. The number of aryl methyl sites for hydroxylation is 1. The van der Waals surface area contributed by atoms with Crippen LogP contribution in [0.15, 0.2) is 48.5 Å². The van der Waals surface area contributed by atoms with E-state index in [9.17, 15) is 4.39 Å². The summed E-state index contributed by atoms with van der Waals surface area (Å²) in [5, 5.41) is 7.58. The molecule has 0 saturated carbocycles. The minimum Gasteiger partial charge on any atom is -0.360 e. The maximum Gasteiger partial charge on any atom is 0.170 e. The van der Waals surface area contributed by atoms with Gasteiger partial charge in [0.25, 0.3) is 0 Å². The summed E-state index contributed by atoms with van der Waals surface area (Å²) in [4.78, 5) is 2.63. The van der Waals surface area contributed by atoms with E-state index in [0.29, 0.717) is 23.2 Å². The molecule has 0 radical (unpaired) electrons. The van der Waals surface area contributed by atoms with Crippen molar-refractivity contribution in [1.82, 2.24) is 10.2 Å². The average molecular weight is 398 g/mol. The monoisotopic (exact) mass is 397 g/mol. The Morgan fingerprint density at radius 2 is 1.82 bits per heavy atom. The molecule has 4 rings (SSSR count). The molecule has 2 aliphatic heterocycles. The quantitative estimate of drug-likeness (QED) is 0.710. The fraction of sp³-hybridized carbons (Fsp3) is 0.435. The van der Waals surface area contributed by atoms with Crippen LogP contribution in [-0.4, -0.2) is 28.1 Å². The van der Waals surface area contributed by atoms with Crippen molar-refractivity contribution in [2.45, 2.75) is 63.7 Å². The highest BCUT2D eigenvalue weighted by atomic mass is 32.1. The normalized spacial score (nSPS) is 24.6. The van der Waals surface area contributed by atoms with Gasteiger partial charge in [-0.05, 0) is 80.2 Å². The molecule has 0 spiro atoms. The van der Waals surface area contributed by atoms with E-state index in [-0.39, 0.29) is 5.82 Å². The number of nitrogens with zero attached hydrogens (tertiary/aromatic N) is 1. The first-order valence-corrected chi connectivity index (χ1v) is 10.6. The van der Waals surface area contributed by atoms with Gasteiger partial charge in [-0.15, -0.1) is 0 Å². The van der Waals surface area contributed by atoms with Crippen LogP contribution in [-0.2, 0) is 6.54 Å². The molecule has 2 bridgehead atoms. The molecule has 0 aromatic heterocycles. The van der Waals surface area contributed by atoms with E-state index >= 15 is 0 Å². The van der Waals surface area contributed by atoms with Crippen molar-refractivity contribution in [1.29, 1.82) is 0 Å². The van der Waals surface area contributed by atoms with Crippen molar-refractivity contribution in [3.63, 3.8) is 0 Å². The first kappa shape index (κ1) is 19.3. The smallest absolute Gasteiger partial charge is 0.170 e. The van der Waals surface area contributed by atoms with Crippen LogP contribution in [0, 0.1) is 12.7 Å². The summed E-state index contributed by atoms with van der Waals surface area (Å²) >= 11 is 5.57. The van der Waals surface area contributed by atoms with Crippen LogP contribution in [0.25, 0.3) is 0 Å². The molecule has 2 aliphatic rings. The lowest BCUT2D eigenvalue weighted by Crippen LogP contribution is -2.56. The Hall–Kier alpha value is -1.98. The fourth-order valence-electron chi connectivity index (χ4n) is 4.73. The van der Waals surface area contributed by atoms with Gasteiger partial charge in [0.15, 0.2) is 5.11 Å². The fourth-order valence-corrected chi connectivity index (χ4v) is 5.02. The standard InChI is InChI=1S/C23H28FN3S/c1-16-4-2-5-19(12-16)25-23(28)26-20-13-21-6-3-7-22(14-20)27(21)15-17-8-10-18(24)11-9-17/h2,4-5,8-12,20-22H,3,6-7,13-15H2,1H3,(H2,25,26,28)/t20?,21-,22+. The molecule has 2 N–H and O–H groups in total. The summed E-state index contributed by atoms with van der Waals surface area (Å²) in [5.74, 6) is -0.165. The van der Waals surface area contributed by atoms with Gasteiger partial charge >= 0.3 is 0 Å². The van der Waals surface area contributed by atoms with Gasteiger partial charge in [0.05, 0.1) is 0 Å². The molecule has 0 amide bonds. The Morgan fingerprint density at radius 3 is 2.50 bits per heavy atom. The zero-order valence-corrected chi connectivity index (χ0v) is 17.1. The van der Waals surface area contributed by atoms with Crippen molar-refractivity contribution in [2.24, 2.45) is 0 Å². The van der Waals surface area contributed by atoms with E-state index in [1.807, 2.05) is 24.3 Å². The van der Waals surface area contributed by atoms with Crippen molar-refractivity contribution >= 4 is 23.0 Å². The van der Waals surface area contributed by atoms with Gasteiger partial charge in [-0.1, -0.05) is 30.7 Å². The van der Waals surface area contributed by atoms with Crippen molar-refractivity contribution in [3.05, 3.63) is 65.5 Å². The van der Waals surface area contributed by atoms with E-state index in [1.165, 1.54) is 30.4 Å². The Labute approximate surface area is 172 Å². The van der Waals surface area contributed by atoms with Crippen molar-refractivity contribution in [2.75, 3.05) is 5.32 Å². The second-order valence-electron chi connectivity index (χ2n) is 8.17. The second-order valence-corrected chi connectivity index (χ2v) is 8.58. The molecule has 2 fully saturated rings. The predicted octanol–water partition coefficient (Wildman–Crippen LogP) is 5.01. The Balaban J connectivity index is 1.36. The summed E-state index contributed by atoms with van der Waals surface area (Å²) in [6, 6.07) is 16.8. The number of nitrogens with one attached hydrogen (secondary N) is 2. The van der Waals surface area contributed by atoms with E-state index in [4.69, 9.17) is 12.2 Å². The number of halogens is 1. The number of benzene rings is 2. The molecule has 28 heavy (non-hydrogen) atoms. The second kappa shape index (κ2) is 8.58. The highest BCUT2D eigenvalue weighted by molar-refractivity contribution is 7.80. The SMILES string of the molecule is Cc1cccc(NC(=S)NC2C[C@H]3CCC[C@@H](C2)N3Cc2ccc(F)cc2)c1. The molecule has 2 aromatic carbocycles. The topological polar surface area (TPSA) is 27.3 Å². The van der Waals surface area contributed by atoms with Gasteiger partial charge in [-0.2, -0.15) is 0 Å². The molecule has 1 unspecified atom stereocenters. The van der Waals surface area contributed by atoms with E-state index < -0.39 is 0 Å². The molecule has 148 valence electrons. The molecule has 3 nitrogen and oxygen atoms in total. The third kappa shape index (κ3) is 4.70. The van der Waals surface area contributed by atoms with E-state index in [2.05, 4.69) is 34.6 Å². The number of anilines is 1. The molecule has 2 aromatic rings. The summed E-state index contributed by atoms with van der Waals surface area (Å²) < 4.78 is 13.2. The number of rotatable bonds is 4. The third-order valence-corrected chi connectivity index (χ3v) is 6.24. The molecular weight excluding hydrogens is 369 g/mol. The maximum absolute atomic E-state index is 13.2. The molecule has 3 atom stereocenters. The minimum atomic E-state index is -0.165. The van der Waals surface area contributed by atoms with Gasteiger partial charge in [-0.3, -0.25) is 4.90 Å². The summed E-state index contributed by atoms with van der Waals surface area (Å²) in [6.45, 7) is 2.99. The maximum atomic E-state index is 13.2. The minimum absolute atomic E-state index is 0.165. The molecular formula is C23H28FN3S. The molecule has 5 heteroatoms. The first-order valence-electron chi connectivity index (χ1n) is 10.2. The van der Waals surface area contributed by atoms with Gasteiger partial charge in [0, 0.05) is 30.4 Å². The predicted molar refractivity (Wildman–Crippen MR) is 117 cm³/mol. The number of hydrogen-bond donors (Lipinski definition) is 2. The van der Waals surface area contributed by atoms with Crippen LogP contribution in [0.4, 0.5) is 10.1 Å². The molecule has 2 heterocycles. The van der Waals surface area contributed by atoms with Crippen LogP contribution in [0.3, 0.4) is 0 Å². The number of thiocarbonyl (C=S) groups is 1. The number of hydrogen-bond acceptors (Lipinski definition) is 2. The van der Waals surface area contributed by atoms with Crippen LogP contribution >= 0.6 is 12.2 Å². The van der Waals surface area contributed by atoms with Crippen LogP contribution in [0.2, 0.25) is 0 Å². The van der Waals surface area contributed by atoms with Crippen LogP contribution in [0.1, 0.15) is 43.2 Å². The van der Waals surface area contributed by atoms with Crippen LogP contribution in [0.5, 0.6) is 0 Å². The Kier molecular flexibility index (Phi) is 5.93. The van der Waals surface area contributed by atoms with Gasteiger partial charge in [0.1, 0.15) is 5.82 Å². The van der Waals surface area contributed by atoms with E-state index in [1.54, 1.807) is 12.1 Å². The van der Waals surface area contributed by atoms with Gasteiger partial charge in [0.2, 0.25) is 0 Å². The number of piperidine rings is 2. The van der Waals surface area contributed by atoms with Crippen LogP contribution < -0.4 is 10.6 Å². The molecule has 0 aliphatic carbocycles. The highest BCUT2D eigenvalue weighted by Gasteiger charge is 2.38. The lowest BCUT2D eigenvalue weighted by molar-refractivity contribution is 0.0211. The first-order chi connectivity index (χ1) is 13.6.